The fraction of sp³-hybridized carbons (Fsp3) is 0.222. The van der Waals surface area contributed by atoms with Gasteiger partial charge in [-0.3, -0.25) is 9.97 Å². The maximum Gasteiger partial charge on any atom is 0.146 e. The van der Waals surface area contributed by atoms with Crippen LogP contribution in [0, 0.1) is 0 Å². The lowest BCUT2D eigenvalue weighted by atomic mass is 10.2. The number of ether oxygens (including phenoxy) is 2. The number of aromatic nitrogens is 4. The summed E-state index contributed by atoms with van der Waals surface area (Å²) in [6.07, 6.45) is 6.57. The highest BCUT2D eigenvalue weighted by Gasteiger charge is 2.09. The highest BCUT2D eigenvalue weighted by atomic mass is 16.5. The van der Waals surface area contributed by atoms with Crippen LogP contribution in [0.3, 0.4) is 0 Å². The predicted molar refractivity (Wildman–Crippen MR) is 99.0 cm³/mol. The van der Waals surface area contributed by atoms with E-state index in [1.807, 2.05) is 36.2 Å². The Morgan fingerprint density at radius 1 is 1.04 bits per heavy atom. The first-order valence-corrected chi connectivity index (χ1v) is 7.96. The van der Waals surface area contributed by atoms with Gasteiger partial charge in [0.25, 0.3) is 0 Å². The van der Waals surface area contributed by atoms with Gasteiger partial charge in [-0.2, -0.15) is 0 Å². The van der Waals surface area contributed by atoms with E-state index in [1.165, 1.54) is 6.33 Å². The molecule has 2 heterocycles. The third-order valence-corrected chi connectivity index (χ3v) is 3.73. The van der Waals surface area contributed by atoms with E-state index in [0.29, 0.717) is 18.1 Å². The third kappa shape index (κ3) is 4.15. The maximum absolute atomic E-state index is 5.41. The lowest BCUT2D eigenvalue weighted by Crippen LogP contribution is -2.18. The van der Waals surface area contributed by atoms with Gasteiger partial charge in [-0.15, -0.1) is 0 Å². The van der Waals surface area contributed by atoms with E-state index in [-0.39, 0.29) is 0 Å². The number of benzene rings is 1. The molecule has 3 rings (SSSR count). The molecule has 0 unspecified atom stereocenters. The largest absolute Gasteiger partial charge is 0.497 e. The van der Waals surface area contributed by atoms with Crippen molar-refractivity contribution in [3.63, 3.8) is 0 Å². The molecule has 0 bridgehead atoms. The zero-order valence-electron chi connectivity index (χ0n) is 14.9. The molecule has 0 aliphatic rings. The molecule has 1 N–H and O–H groups in total. The molecule has 0 saturated carbocycles. The topological polar surface area (TPSA) is 85.3 Å². The molecule has 26 heavy (non-hydrogen) atoms. The van der Waals surface area contributed by atoms with Crippen molar-refractivity contribution in [1.29, 1.82) is 0 Å². The Balaban J connectivity index is 1.77. The van der Waals surface area contributed by atoms with Gasteiger partial charge in [-0.25, -0.2) is 9.97 Å². The Hall–Kier alpha value is -3.42. The van der Waals surface area contributed by atoms with Crippen LogP contribution in [-0.2, 0) is 6.54 Å². The summed E-state index contributed by atoms with van der Waals surface area (Å²) in [7, 11) is 5.17. The summed E-state index contributed by atoms with van der Waals surface area (Å²) in [5.74, 6) is 2.81. The van der Waals surface area contributed by atoms with Gasteiger partial charge in [0, 0.05) is 31.6 Å². The van der Waals surface area contributed by atoms with Crippen molar-refractivity contribution in [3.8, 4) is 11.5 Å². The van der Waals surface area contributed by atoms with Crippen LogP contribution in [0.4, 0.5) is 17.3 Å². The van der Waals surface area contributed by atoms with Gasteiger partial charge in [-0.05, 0) is 12.1 Å². The first kappa shape index (κ1) is 17.4. The minimum Gasteiger partial charge on any atom is -0.497 e. The van der Waals surface area contributed by atoms with Crippen LogP contribution in [0.2, 0.25) is 0 Å². The molecule has 1 aromatic carbocycles. The first-order valence-electron chi connectivity index (χ1n) is 7.96. The van der Waals surface area contributed by atoms with Crippen molar-refractivity contribution in [2.45, 2.75) is 6.54 Å². The quantitative estimate of drug-likeness (QED) is 0.695. The molecule has 0 fully saturated rings. The van der Waals surface area contributed by atoms with Crippen molar-refractivity contribution in [1.82, 2.24) is 19.9 Å². The second-order valence-electron chi connectivity index (χ2n) is 5.51. The number of methoxy groups -OCH3 is 2. The number of hydrogen-bond acceptors (Lipinski definition) is 8. The lowest BCUT2D eigenvalue weighted by molar-refractivity contribution is 0.395. The van der Waals surface area contributed by atoms with Gasteiger partial charge < -0.3 is 19.7 Å². The molecule has 0 amide bonds. The Bertz CT molecular complexity index is 859. The average Bonchev–Trinajstić information content (AvgIpc) is 2.69. The summed E-state index contributed by atoms with van der Waals surface area (Å²) < 4.78 is 10.6. The second kappa shape index (κ2) is 8.11. The first-order chi connectivity index (χ1) is 12.7. The van der Waals surface area contributed by atoms with Crippen LogP contribution in [-0.4, -0.2) is 41.2 Å². The molecule has 0 saturated heterocycles. The summed E-state index contributed by atoms with van der Waals surface area (Å²) >= 11 is 0. The zero-order valence-corrected chi connectivity index (χ0v) is 14.9. The molecule has 8 heteroatoms. The van der Waals surface area contributed by atoms with Crippen LogP contribution in [0.5, 0.6) is 11.5 Å². The summed E-state index contributed by atoms with van der Waals surface area (Å²) in [4.78, 5) is 18.9. The minimum atomic E-state index is 0.593. The third-order valence-electron chi connectivity index (χ3n) is 3.73. The smallest absolute Gasteiger partial charge is 0.146 e. The number of nitrogens with one attached hydrogen (secondary N) is 1. The van der Waals surface area contributed by atoms with Gasteiger partial charge in [0.05, 0.1) is 38.3 Å². The Kier molecular flexibility index (Phi) is 5.43. The molecule has 0 radical (unpaired) electrons. The lowest BCUT2D eigenvalue weighted by Gasteiger charge is -2.18. The number of nitrogens with zero attached hydrogens (tertiary/aromatic N) is 5. The number of rotatable bonds is 7. The van der Waals surface area contributed by atoms with Crippen LogP contribution in [0.1, 0.15) is 5.69 Å². The number of anilines is 3. The zero-order chi connectivity index (χ0) is 18.4. The molecule has 8 nitrogen and oxygen atoms in total. The normalized spacial score (nSPS) is 10.3. The van der Waals surface area contributed by atoms with Gasteiger partial charge in [0.2, 0.25) is 0 Å². The monoisotopic (exact) mass is 352 g/mol. The SMILES string of the molecule is COc1ccc(Nc2cc(N(C)Cc3cnccn3)ncn2)c(OC)c1. The predicted octanol–water partition coefficient (Wildman–Crippen LogP) is 2.66. The molecule has 0 spiro atoms. The maximum atomic E-state index is 5.41. The van der Waals surface area contributed by atoms with Crippen LogP contribution in [0.25, 0.3) is 0 Å². The van der Waals surface area contributed by atoms with E-state index in [9.17, 15) is 0 Å². The molecular formula is C18H20N6O2. The van der Waals surface area contributed by atoms with E-state index in [4.69, 9.17) is 9.47 Å². The van der Waals surface area contributed by atoms with Crippen molar-refractivity contribution < 1.29 is 9.47 Å². The van der Waals surface area contributed by atoms with Gasteiger partial charge >= 0.3 is 0 Å². The molecule has 3 aromatic rings. The van der Waals surface area contributed by atoms with Crippen molar-refractivity contribution in [3.05, 3.63) is 54.9 Å². The molecule has 2 aromatic heterocycles. The van der Waals surface area contributed by atoms with E-state index in [2.05, 4.69) is 25.3 Å². The highest BCUT2D eigenvalue weighted by Crippen LogP contribution is 2.31. The summed E-state index contributed by atoms with van der Waals surface area (Å²) in [6, 6.07) is 7.40. The van der Waals surface area contributed by atoms with Crippen molar-refractivity contribution in [2.75, 3.05) is 31.5 Å². The minimum absolute atomic E-state index is 0.593. The van der Waals surface area contributed by atoms with Gasteiger partial charge in [-0.1, -0.05) is 0 Å². The Morgan fingerprint density at radius 2 is 1.92 bits per heavy atom. The van der Waals surface area contributed by atoms with Crippen LogP contribution >= 0.6 is 0 Å². The number of hydrogen-bond donors (Lipinski definition) is 1. The standard InChI is InChI=1S/C18H20N6O2/c1-24(11-13-10-19-6-7-20-13)18-9-17(21-12-22-18)23-15-5-4-14(25-2)8-16(15)26-3/h4-10,12H,11H2,1-3H3,(H,21,22,23). The molecule has 0 aliphatic heterocycles. The average molecular weight is 352 g/mol. The van der Waals surface area contributed by atoms with Gasteiger partial charge in [0.15, 0.2) is 0 Å². The Labute approximate surface area is 151 Å². The van der Waals surface area contributed by atoms with E-state index >= 15 is 0 Å². The summed E-state index contributed by atoms with van der Waals surface area (Å²) in [5.41, 5.74) is 1.65. The fourth-order valence-electron chi connectivity index (χ4n) is 2.40. The van der Waals surface area contributed by atoms with E-state index in [0.717, 1.165) is 22.9 Å². The fourth-order valence-corrected chi connectivity index (χ4v) is 2.40. The van der Waals surface area contributed by atoms with Crippen LogP contribution < -0.4 is 19.7 Å². The second-order valence-corrected chi connectivity index (χ2v) is 5.51. The Morgan fingerprint density at radius 3 is 2.65 bits per heavy atom. The summed E-state index contributed by atoms with van der Waals surface area (Å²) in [6.45, 7) is 0.593. The molecule has 134 valence electrons. The molecule has 0 atom stereocenters. The van der Waals surface area contributed by atoms with E-state index < -0.39 is 0 Å². The van der Waals surface area contributed by atoms with Crippen LogP contribution in [0.15, 0.2) is 49.2 Å². The molecular weight excluding hydrogens is 332 g/mol. The highest BCUT2D eigenvalue weighted by molar-refractivity contribution is 5.67. The summed E-state index contributed by atoms with van der Waals surface area (Å²) in [5, 5.41) is 3.25. The van der Waals surface area contributed by atoms with Crippen molar-refractivity contribution in [2.24, 2.45) is 0 Å². The molecule has 0 aliphatic carbocycles. The van der Waals surface area contributed by atoms with Gasteiger partial charge in [0.1, 0.15) is 29.5 Å². The van der Waals surface area contributed by atoms with E-state index in [1.54, 1.807) is 32.8 Å². The van der Waals surface area contributed by atoms with Crippen molar-refractivity contribution >= 4 is 17.3 Å².